The van der Waals surface area contributed by atoms with Gasteiger partial charge in [-0.3, -0.25) is 4.79 Å². The van der Waals surface area contributed by atoms with Crippen molar-refractivity contribution < 1.29 is 9.90 Å². The Kier molecular flexibility index (Phi) is 5.36. The number of amides is 1. The molecule has 0 bridgehead atoms. The average Bonchev–Trinajstić information content (AvgIpc) is 2.97. The summed E-state index contributed by atoms with van der Waals surface area (Å²) in [6.45, 7) is 0.228. The first-order chi connectivity index (χ1) is 10.1. The van der Waals surface area contributed by atoms with Crippen LogP contribution in [0.3, 0.4) is 0 Å². The zero-order chi connectivity index (χ0) is 15.2. The van der Waals surface area contributed by atoms with Gasteiger partial charge in [-0.25, -0.2) is 0 Å². The van der Waals surface area contributed by atoms with Crippen LogP contribution in [0.2, 0.25) is 0 Å². The van der Waals surface area contributed by atoms with Crippen LogP contribution in [0.15, 0.2) is 41.8 Å². The third-order valence-corrected chi connectivity index (χ3v) is 4.08. The smallest absolute Gasteiger partial charge is 0.225 e. The third-order valence-electron chi connectivity index (χ3n) is 3.20. The van der Waals surface area contributed by atoms with Crippen LogP contribution >= 0.6 is 11.3 Å². The first-order valence-corrected chi connectivity index (χ1v) is 7.68. The maximum absolute atomic E-state index is 11.8. The van der Waals surface area contributed by atoms with Crippen LogP contribution in [0.25, 0.3) is 0 Å². The van der Waals surface area contributed by atoms with Gasteiger partial charge in [-0.15, -0.1) is 11.3 Å². The van der Waals surface area contributed by atoms with E-state index in [9.17, 15) is 9.90 Å². The molecule has 1 heterocycles. The van der Waals surface area contributed by atoms with Crippen molar-refractivity contribution >= 4 is 22.9 Å². The van der Waals surface area contributed by atoms with Crippen molar-refractivity contribution in [2.24, 2.45) is 0 Å². The van der Waals surface area contributed by atoms with Crippen LogP contribution in [0.1, 0.15) is 16.5 Å². The van der Waals surface area contributed by atoms with Crippen molar-refractivity contribution in [3.8, 4) is 0 Å². The molecule has 1 atom stereocenters. The Balaban J connectivity index is 1.83. The van der Waals surface area contributed by atoms with E-state index in [4.69, 9.17) is 0 Å². The van der Waals surface area contributed by atoms with Crippen molar-refractivity contribution in [2.45, 2.75) is 12.5 Å². The summed E-state index contributed by atoms with van der Waals surface area (Å²) in [4.78, 5) is 14.8. The molecule has 0 radical (unpaired) electrons. The Bertz CT molecular complexity index is 564. The monoisotopic (exact) mass is 304 g/mol. The Morgan fingerprint density at radius 3 is 2.57 bits per heavy atom. The second kappa shape index (κ2) is 7.24. The van der Waals surface area contributed by atoms with Gasteiger partial charge in [0, 0.05) is 31.2 Å². The SMILES string of the molecule is CN(C)c1ccc([C@H](O)CNC(=O)Cc2cccs2)cc1. The molecule has 21 heavy (non-hydrogen) atoms. The summed E-state index contributed by atoms with van der Waals surface area (Å²) < 4.78 is 0. The molecule has 0 fully saturated rings. The fourth-order valence-corrected chi connectivity index (χ4v) is 2.66. The van der Waals surface area contributed by atoms with Crippen LogP contribution in [-0.4, -0.2) is 31.7 Å². The van der Waals surface area contributed by atoms with Crippen LogP contribution in [0.4, 0.5) is 5.69 Å². The van der Waals surface area contributed by atoms with Gasteiger partial charge in [0.1, 0.15) is 0 Å². The summed E-state index contributed by atoms with van der Waals surface area (Å²) in [6, 6.07) is 11.5. The largest absolute Gasteiger partial charge is 0.387 e. The van der Waals surface area contributed by atoms with Crippen molar-refractivity contribution in [3.05, 3.63) is 52.2 Å². The van der Waals surface area contributed by atoms with Gasteiger partial charge >= 0.3 is 0 Å². The fraction of sp³-hybridized carbons (Fsp3) is 0.312. The Labute approximate surface area is 129 Å². The number of aliphatic hydroxyl groups excluding tert-OH is 1. The molecular weight excluding hydrogens is 284 g/mol. The molecule has 2 N–H and O–H groups in total. The van der Waals surface area contributed by atoms with Gasteiger partial charge in [0.25, 0.3) is 0 Å². The molecule has 2 rings (SSSR count). The number of hydrogen-bond acceptors (Lipinski definition) is 4. The lowest BCUT2D eigenvalue weighted by Gasteiger charge is -2.15. The van der Waals surface area contributed by atoms with E-state index in [1.165, 1.54) is 0 Å². The van der Waals surface area contributed by atoms with Crippen LogP contribution in [0.5, 0.6) is 0 Å². The normalized spacial score (nSPS) is 12.0. The van der Waals surface area contributed by atoms with E-state index in [-0.39, 0.29) is 12.5 Å². The molecule has 0 aliphatic rings. The van der Waals surface area contributed by atoms with Gasteiger partial charge in [0.2, 0.25) is 5.91 Å². The van der Waals surface area contributed by atoms with Gasteiger partial charge in [-0.2, -0.15) is 0 Å². The van der Waals surface area contributed by atoms with Crippen LogP contribution < -0.4 is 10.2 Å². The van der Waals surface area contributed by atoms with Gasteiger partial charge in [-0.05, 0) is 29.1 Å². The predicted molar refractivity (Wildman–Crippen MR) is 86.8 cm³/mol. The quantitative estimate of drug-likeness (QED) is 0.860. The lowest BCUT2D eigenvalue weighted by Crippen LogP contribution is -2.29. The van der Waals surface area contributed by atoms with Crippen LogP contribution in [0, 0.1) is 0 Å². The maximum atomic E-state index is 11.8. The lowest BCUT2D eigenvalue weighted by molar-refractivity contribution is -0.120. The zero-order valence-electron chi connectivity index (χ0n) is 12.2. The zero-order valence-corrected chi connectivity index (χ0v) is 13.1. The number of rotatable bonds is 6. The molecule has 0 aliphatic carbocycles. The fourth-order valence-electron chi connectivity index (χ4n) is 1.96. The summed E-state index contributed by atoms with van der Waals surface area (Å²) in [5, 5.41) is 14.8. The van der Waals surface area contributed by atoms with E-state index < -0.39 is 6.10 Å². The first-order valence-electron chi connectivity index (χ1n) is 6.80. The van der Waals surface area contributed by atoms with Gasteiger partial charge in [-0.1, -0.05) is 18.2 Å². The molecule has 112 valence electrons. The molecular formula is C16H20N2O2S. The Morgan fingerprint density at radius 1 is 1.29 bits per heavy atom. The highest BCUT2D eigenvalue weighted by atomic mass is 32.1. The topological polar surface area (TPSA) is 52.6 Å². The van der Waals surface area contributed by atoms with Gasteiger partial charge in [0.05, 0.1) is 12.5 Å². The maximum Gasteiger partial charge on any atom is 0.225 e. The highest BCUT2D eigenvalue weighted by Crippen LogP contribution is 2.17. The molecule has 4 nitrogen and oxygen atoms in total. The molecule has 1 aromatic heterocycles. The second-order valence-electron chi connectivity index (χ2n) is 5.06. The molecule has 5 heteroatoms. The Morgan fingerprint density at radius 2 is 2.00 bits per heavy atom. The molecule has 1 aromatic carbocycles. The molecule has 0 spiro atoms. The molecule has 2 aromatic rings. The van der Waals surface area contributed by atoms with E-state index in [2.05, 4.69) is 5.32 Å². The van der Waals surface area contributed by atoms with E-state index in [1.54, 1.807) is 11.3 Å². The lowest BCUT2D eigenvalue weighted by atomic mass is 10.1. The minimum atomic E-state index is -0.687. The number of carbonyl (C=O) groups is 1. The number of hydrogen-bond donors (Lipinski definition) is 2. The average molecular weight is 304 g/mol. The third kappa shape index (κ3) is 4.58. The predicted octanol–water partition coefficient (Wildman–Crippen LogP) is 2.21. The van der Waals surface area contributed by atoms with Crippen LogP contribution in [-0.2, 0) is 11.2 Å². The van der Waals surface area contributed by atoms with Crippen molar-refractivity contribution in [2.75, 3.05) is 25.5 Å². The van der Waals surface area contributed by atoms with E-state index in [0.29, 0.717) is 6.42 Å². The summed E-state index contributed by atoms with van der Waals surface area (Å²) in [5.74, 6) is -0.0681. The minimum Gasteiger partial charge on any atom is -0.387 e. The second-order valence-corrected chi connectivity index (χ2v) is 6.09. The first kappa shape index (κ1) is 15.5. The number of benzene rings is 1. The molecule has 1 amide bonds. The summed E-state index contributed by atoms with van der Waals surface area (Å²) in [5.41, 5.74) is 1.88. The molecule has 0 saturated carbocycles. The minimum absolute atomic E-state index is 0.0681. The Hall–Kier alpha value is -1.85. The number of aliphatic hydroxyl groups is 1. The number of nitrogens with one attached hydrogen (secondary N) is 1. The number of nitrogens with zero attached hydrogens (tertiary/aromatic N) is 1. The number of thiophene rings is 1. The highest BCUT2D eigenvalue weighted by Gasteiger charge is 2.10. The number of anilines is 1. The highest BCUT2D eigenvalue weighted by molar-refractivity contribution is 7.10. The standard InChI is InChI=1S/C16H20N2O2S/c1-18(2)13-7-5-12(6-8-13)15(19)11-17-16(20)10-14-4-3-9-21-14/h3-9,15,19H,10-11H2,1-2H3,(H,17,20)/t15-/m1/s1. The van der Waals surface area contributed by atoms with Gasteiger partial charge in [0.15, 0.2) is 0 Å². The molecule has 0 saturated heterocycles. The molecule has 0 unspecified atom stereocenters. The van der Waals surface area contributed by atoms with Crippen molar-refractivity contribution in [3.63, 3.8) is 0 Å². The van der Waals surface area contributed by atoms with Gasteiger partial charge < -0.3 is 15.3 Å². The van der Waals surface area contributed by atoms with E-state index in [0.717, 1.165) is 16.1 Å². The van der Waals surface area contributed by atoms with Crippen molar-refractivity contribution in [1.82, 2.24) is 5.32 Å². The summed E-state index contributed by atoms with van der Waals surface area (Å²) in [6.07, 6.45) is -0.322. The number of carbonyl (C=O) groups excluding carboxylic acids is 1. The van der Waals surface area contributed by atoms with E-state index >= 15 is 0 Å². The summed E-state index contributed by atoms with van der Waals surface area (Å²) in [7, 11) is 3.94. The van der Waals surface area contributed by atoms with Crippen molar-refractivity contribution in [1.29, 1.82) is 0 Å². The van der Waals surface area contributed by atoms with E-state index in [1.807, 2.05) is 60.8 Å². The molecule has 0 aliphatic heterocycles. The summed E-state index contributed by atoms with van der Waals surface area (Å²) >= 11 is 1.56.